The molecule has 3 nitrogen and oxygen atoms in total. The lowest BCUT2D eigenvalue weighted by atomic mass is 9.78. The molecule has 1 aromatic heterocycles. The highest BCUT2D eigenvalue weighted by Gasteiger charge is 2.43. The monoisotopic (exact) mass is 827 g/mol. The van der Waals surface area contributed by atoms with Gasteiger partial charge in [0, 0.05) is 49.0 Å². The quantitative estimate of drug-likeness (QED) is 0.144. The Morgan fingerprint density at radius 2 is 1.03 bits per heavy atom. The van der Waals surface area contributed by atoms with Gasteiger partial charge in [0.15, 0.2) is 0 Å². The van der Waals surface area contributed by atoms with Crippen LogP contribution in [0.3, 0.4) is 0 Å². The maximum absolute atomic E-state index is 2.57. The Labute approximate surface area is 372 Å². The van der Waals surface area contributed by atoms with Gasteiger partial charge in [-0.2, -0.15) is 0 Å². The summed E-state index contributed by atoms with van der Waals surface area (Å²) >= 11 is 1.97. The first-order chi connectivity index (χ1) is 30.0. The van der Waals surface area contributed by atoms with Crippen molar-refractivity contribution in [3.05, 3.63) is 195 Å². The molecule has 0 spiro atoms. The molecule has 0 saturated carbocycles. The highest BCUT2D eigenvalue weighted by Crippen LogP contribution is 2.64. The van der Waals surface area contributed by atoms with Crippen molar-refractivity contribution < 1.29 is 0 Å². The lowest BCUT2D eigenvalue weighted by molar-refractivity contribution is 0.865. The fraction of sp³-hybridized carbons (Fsp3) is 0.241. The molecule has 310 valence electrons. The number of nitrogens with zero attached hydrogens (tertiary/aromatic N) is 3. The third-order valence-electron chi connectivity index (χ3n) is 13.2. The Hall–Kier alpha value is -6.10. The lowest BCUT2D eigenvalue weighted by Crippen LogP contribution is -2.28. The molecule has 0 fully saturated rings. The SMILES string of the molecule is Cc1cc2c3c(c1)N(c1ccccc1)c1c(sc4ccc(C(C)C)cc14)C3c1ccc(N(c3ccc(C(C)C)cc3)c3cccc(C(C)C)c3)cc1N2c1ccc(C(C)C)cc1. The van der Waals surface area contributed by atoms with E-state index < -0.39 is 0 Å². The molecule has 1 unspecified atom stereocenters. The maximum atomic E-state index is 2.57. The summed E-state index contributed by atoms with van der Waals surface area (Å²) in [5.74, 6) is 1.79. The summed E-state index contributed by atoms with van der Waals surface area (Å²) in [6, 6.07) is 58.0. The van der Waals surface area contributed by atoms with Crippen LogP contribution in [0.25, 0.3) is 10.1 Å². The molecular weight excluding hydrogens is 771 g/mol. The van der Waals surface area contributed by atoms with Crippen molar-refractivity contribution in [2.45, 2.75) is 91.9 Å². The molecule has 8 aromatic rings. The summed E-state index contributed by atoms with van der Waals surface area (Å²) in [6.07, 6.45) is 0. The molecule has 10 rings (SSSR count). The van der Waals surface area contributed by atoms with Gasteiger partial charge in [-0.25, -0.2) is 0 Å². The number of rotatable bonds is 9. The first-order valence-corrected chi connectivity index (χ1v) is 23.4. The van der Waals surface area contributed by atoms with Gasteiger partial charge in [-0.15, -0.1) is 11.3 Å². The second-order valence-electron chi connectivity index (χ2n) is 18.7. The van der Waals surface area contributed by atoms with Crippen molar-refractivity contribution in [2.75, 3.05) is 14.7 Å². The zero-order valence-electron chi connectivity index (χ0n) is 37.6. The lowest BCUT2D eigenvalue weighted by Gasteiger charge is -2.44. The third-order valence-corrected chi connectivity index (χ3v) is 14.4. The number of aryl methyl sites for hydroxylation is 1. The Morgan fingerprint density at radius 3 is 1.69 bits per heavy atom. The first kappa shape index (κ1) is 40.0. The number of para-hydroxylation sites is 1. The third kappa shape index (κ3) is 6.71. The van der Waals surface area contributed by atoms with E-state index >= 15 is 0 Å². The molecule has 2 aliphatic heterocycles. The van der Waals surface area contributed by atoms with E-state index in [2.05, 4.69) is 229 Å². The molecule has 62 heavy (non-hydrogen) atoms. The predicted molar refractivity (Wildman–Crippen MR) is 268 cm³/mol. The van der Waals surface area contributed by atoms with Crippen molar-refractivity contribution in [3.63, 3.8) is 0 Å². The average Bonchev–Trinajstić information content (AvgIpc) is 3.65. The highest BCUT2D eigenvalue weighted by molar-refractivity contribution is 7.20. The van der Waals surface area contributed by atoms with Crippen LogP contribution in [0.5, 0.6) is 0 Å². The van der Waals surface area contributed by atoms with Gasteiger partial charge < -0.3 is 14.7 Å². The topological polar surface area (TPSA) is 9.72 Å². The van der Waals surface area contributed by atoms with E-state index in [1.54, 1.807) is 0 Å². The van der Waals surface area contributed by atoms with Gasteiger partial charge in [-0.1, -0.05) is 122 Å². The van der Waals surface area contributed by atoms with Gasteiger partial charge in [-0.05, 0) is 149 Å². The van der Waals surface area contributed by atoms with Gasteiger partial charge in [0.25, 0.3) is 0 Å². The normalized spacial score (nSPS) is 14.2. The Bertz CT molecular complexity index is 2940. The number of hydrogen-bond donors (Lipinski definition) is 0. The number of hydrogen-bond acceptors (Lipinski definition) is 4. The number of fused-ring (bicyclic) bond motifs is 6. The van der Waals surface area contributed by atoms with E-state index in [0.717, 1.165) is 11.4 Å². The largest absolute Gasteiger partial charge is 0.310 e. The molecule has 0 radical (unpaired) electrons. The highest BCUT2D eigenvalue weighted by atomic mass is 32.1. The fourth-order valence-corrected chi connectivity index (χ4v) is 11.0. The summed E-state index contributed by atoms with van der Waals surface area (Å²) in [5, 5.41) is 1.33. The Morgan fingerprint density at radius 1 is 0.468 bits per heavy atom. The van der Waals surface area contributed by atoms with Crippen LogP contribution < -0.4 is 14.7 Å². The molecule has 0 amide bonds. The molecular formula is C58H57N3S. The van der Waals surface area contributed by atoms with E-state index in [1.165, 1.54) is 93.7 Å². The van der Waals surface area contributed by atoms with Crippen LogP contribution >= 0.6 is 11.3 Å². The van der Waals surface area contributed by atoms with E-state index in [9.17, 15) is 0 Å². The minimum Gasteiger partial charge on any atom is -0.310 e. The molecule has 0 aliphatic carbocycles. The zero-order valence-corrected chi connectivity index (χ0v) is 38.4. The summed E-state index contributed by atoms with van der Waals surface area (Å²) in [6.45, 7) is 20.5. The van der Waals surface area contributed by atoms with Crippen LogP contribution in [0, 0.1) is 6.92 Å². The van der Waals surface area contributed by atoms with Crippen LogP contribution in [0.2, 0.25) is 0 Å². The Kier molecular flexibility index (Phi) is 10.1. The molecule has 0 N–H and O–H groups in total. The zero-order chi connectivity index (χ0) is 43.0. The standard InChI is InChI=1S/C58H57N3S/c1-35(2)40-18-23-45(24-19-40)59(47-17-13-14-42(32-47)37(5)6)48-27-28-49-51(34-48)60(46-25-20-41(21-26-46)36(3)4)52-30-39(9)31-53-56(52)55(49)58-57(61(53)44-15-11-10-12-16-44)50-33-43(38(7)8)22-29-54(50)62-58/h10-38,55H,1-9H3. The minimum absolute atomic E-state index is 0.0498. The molecule has 0 bridgehead atoms. The fourth-order valence-electron chi connectivity index (χ4n) is 9.73. The van der Waals surface area contributed by atoms with Crippen molar-refractivity contribution in [1.82, 2.24) is 0 Å². The predicted octanol–water partition coefficient (Wildman–Crippen LogP) is 17.9. The summed E-state index contributed by atoms with van der Waals surface area (Å²) in [4.78, 5) is 9.00. The number of benzene rings is 7. The van der Waals surface area contributed by atoms with E-state index in [1.807, 2.05) is 11.3 Å². The first-order valence-electron chi connectivity index (χ1n) is 22.6. The molecule has 3 heterocycles. The van der Waals surface area contributed by atoms with E-state index in [-0.39, 0.29) is 5.92 Å². The molecule has 1 atom stereocenters. The van der Waals surface area contributed by atoms with Gasteiger partial charge in [0.2, 0.25) is 0 Å². The van der Waals surface area contributed by atoms with Crippen LogP contribution in [-0.4, -0.2) is 0 Å². The molecule has 4 heteroatoms. The second-order valence-corrected chi connectivity index (χ2v) is 19.8. The second kappa shape index (κ2) is 15.7. The molecule has 0 saturated heterocycles. The summed E-state index contributed by atoms with van der Waals surface area (Å²) < 4.78 is 1.33. The van der Waals surface area contributed by atoms with Crippen molar-refractivity contribution >= 4 is 72.6 Å². The summed E-state index contributed by atoms with van der Waals surface area (Å²) in [7, 11) is 0. The van der Waals surface area contributed by atoms with E-state index in [4.69, 9.17) is 0 Å². The van der Waals surface area contributed by atoms with Crippen molar-refractivity contribution in [2.24, 2.45) is 0 Å². The van der Waals surface area contributed by atoms with Crippen LogP contribution in [0.15, 0.2) is 152 Å². The van der Waals surface area contributed by atoms with E-state index in [0.29, 0.717) is 23.7 Å². The summed E-state index contributed by atoms with van der Waals surface area (Å²) in [5.41, 5.74) is 20.2. The Balaban J connectivity index is 1.27. The van der Waals surface area contributed by atoms with Gasteiger partial charge >= 0.3 is 0 Å². The molecule has 2 aliphatic rings. The smallest absolute Gasteiger partial charge is 0.0689 e. The van der Waals surface area contributed by atoms with Crippen molar-refractivity contribution in [3.8, 4) is 0 Å². The average molecular weight is 828 g/mol. The van der Waals surface area contributed by atoms with Gasteiger partial charge in [0.05, 0.1) is 28.7 Å². The number of anilines is 9. The van der Waals surface area contributed by atoms with Crippen LogP contribution in [0.4, 0.5) is 51.2 Å². The molecule has 7 aromatic carbocycles. The maximum Gasteiger partial charge on any atom is 0.0689 e. The van der Waals surface area contributed by atoms with Crippen molar-refractivity contribution in [1.29, 1.82) is 0 Å². The van der Waals surface area contributed by atoms with Gasteiger partial charge in [-0.3, -0.25) is 0 Å². The van der Waals surface area contributed by atoms with Crippen LogP contribution in [-0.2, 0) is 0 Å². The minimum atomic E-state index is 0.0498. The van der Waals surface area contributed by atoms with Crippen LogP contribution in [0.1, 0.15) is 129 Å². The number of thiophene rings is 1. The van der Waals surface area contributed by atoms with Gasteiger partial charge in [0.1, 0.15) is 0 Å².